The first-order valence-electron chi connectivity index (χ1n) is 16.7. The van der Waals surface area contributed by atoms with Gasteiger partial charge in [-0.05, 0) is 86.4 Å². The Kier molecular flexibility index (Phi) is 11.3. The van der Waals surface area contributed by atoms with E-state index in [4.69, 9.17) is 28.5 Å². The minimum atomic E-state index is -0.256. The molecule has 11 heteroatoms. The van der Waals surface area contributed by atoms with Gasteiger partial charge < -0.3 is 23.4 Å². The third-order valence-corrected chi connectivity index (χ3v) is 9.10. The molecule has 0 bridgehead atoms. The van der Waals surface area contributed by atoms with Crippen molar-refractivity contribution >= 4 is 29.5 Å². The first-order valence-corrected chi connectivity index (χ1v) is 17.6. The highest BCUT2D eigenvalue weighted by Gasteiger charge is 2.16. The molecule has 3 aromatic carbocycles. The highest BCUT2D eigenvalue weighted by molar-refractivity contribution is 7.09. The molecule has 3 heterocycles. The number of ether oxygens (including phenoxy) is 4. The molecule has 0 atom stereocenters. The zero-order chi connectivity index (χ0) is 35.7. The van der Waals surface area contributed by atoms with Gasteiger partial charge in [0.15, 0.2) is 11.5 Å². The van der Waals surface area contributed by atoms with Gasteiger partial charge in [0.1, 0.15) is 24.7 Å². The van der Waals surface area contributed by atoms with Gasteiger partial charge in [-0.3, -0.25) is 4.79 Å². The van der Waals surface area contributed by atoms with E-state index in [2.05, 4.69) is 35.3 Å². The van der Waals surface area contributed by atoms with Gasteiger partial charge in [0.25, 0.3) is 0 Å². The lowest BCUT2D eigenvalue weighted by Crippen LogP contribution is -2.07. The quantitative estimate of drug-likeness (QED) is 0.0971. The molecule has 10 nitrogen and oxygen atoms in total. The lowest BCUT2D eigenvalue weighted by molar-refractivity contribution is -0.142. The van der Waals surface area contributed by atoms with Crippen LogP contribution in [0.4, 0.5) is 0 Å². The van der Waals surface area contributed by atoms with Crippen molar-refractivity contribution in [1.29, 1.82) is 0 Å². The number of hydrogen-bond acceptors (Lipinski definition) is 10. The number of thiazole rings is 1. The zero-order valence-corrected chi connectivity index (χ0v) is 30.2. The number of esters is 1. The van der Waals surface area contributed by atoms with Gasteiger partial charge in [-0.15, -0.1) is 16.4 Å². The van der Waals surface area contributed by atoms with Crippen LogP contribution in [0.25, 0.3) is 29.3 Å². The van der Waals surface area contributed by atoms with E-state index in [0.717, 1.165) is 50.6 Å². The van der Waals surface area contributed by atoms with E-state index in [-0.39, 0.29) is 25.6 Å². The Morgan fingerprint density at radius 1 is 0.922 bits per heavy atom. The Balaban J connectivity index is 1.13. The molecular weight excluding hydrogens is 665 g/mol. The zero-order valence-electron chi connectivity index (χ0n) is 29.3. The number of aryl methyl sites for hydroxylation is 3. The van der Waals surface area contributed by atoms with E-state index >= 15 is 0 Å². The predicted octanol–water partition coefficient (Wildman–Crippen LogP) is 8.61. The molecule has 0 aliphatic carbocycles. The molecule has 0 saturated carbocycles. The molecule has 6 aromatic rings. The van der Waals surface area contributed by atoms with Gasteiger partial charge in [0.2, 0.25) is 11.8 Å². The smallest absolute Gasteiger partial charge is 0.310 e. The maximum atomic E-state index is 11.8. The summed E-state index contributed by atoms with van der Waals surface area (Å²) in [5.41, 5.74) is 7.04. The molecule has 262 valence electrons. The molecule has 0 unspecified atom stereocenters. The van der Waals surface area contributed by atoms with Crippen molar-refractivity contribution in [3.63, 3.8) is 0 Å². The number of methoxy groups -OCH3 is 1. The van der Waals surface area contributed by atoms with Crippen LogP contribution in [0, 0.1) is 13.8 Å². The molecule has 0 saturated heterocycles. The molecule has 3 aromatic heterocycles. The third kappa shape index (κ3) is 8.74. The third-order valence-electron chi connectivity index (χ3n) is 8.09. The Labute approximate surface area is 301 Å². The van der Waals surface area contributed by atoms with Gasteiger partial charge in [0.05, 0.1) is 42.1 Å². The number of benzene rings is 3. The minimum Gasteiger partial charge on any atom is -0.493 e. The maximum absolute atomic E-state index is 11.8. The van der Waals surface area contributed by atoms with Crippen LogP contribution in [-0.4, -0.2) is 39.4 Å². The largest absolute Gasteiger partial charge is 0.493 e. The summed E-state index contributed by atoms with van der Waals surface area (Å²) < 4.78 is 31.0. The van der Waals surface area contributed by atoms with Crippen molar-refractivity contribution in [2.45, 2.75) is 53.8 Å². The second-order valence-corrected chi connectivity index (χ2v) is 12.7. The van der Waals surface area contributed by atoms with E-state index < -0.39 is 0 Å². The van der Waals surface area contributed by atoms with Crippen molar-refractivity contribution in [2.24, 2.45) is 0 Å². The van der Waals surface area contributed by atoms with E-state index in [1.807, 2.05) is 90.6 Å². The second-order valence-electron chi connectivity index (χ2n) is 11.7. The van der Waals surface area contributed by atoms with Crippen LogP contribution in [0.1, 0.15) is 58.3 Å². The average Bonchev–Trinajstić information content (AvgIpc) is 3.88. The molecule has 0 aliphatic rings. The van der Waals surface area contributed by atoms with Crippen molar-refractivity contribution in [2.75, 3.05) is 13.7 Å². The molecule has 0 spiro atoms. The van der Waals surface area contributed by atoms with E-state index in [1.165, 1.54) is 0 Å². The monoisotopic (exact) mass is 704 g/mol. The number of carbonyl (C=O) groups is 1. The van der Waals surface area contributed by atoms with Crippen molar-refractivity contribution < 1.29 is 28.2 Å². The van der Waals surface area contributed by atoms with Crippen LogP contribution >= 0.6 is 11.3 Å². The van der Waals surface area contributed by atoms with Gasteiger partial charge in [-0.2, -0.15) is 0 Å². The number of carbonyl (C=O) groups excluding carboxylic acids is 1. The van der Waals surface area contributed by atoms with Gasteiger partial charge >= 0.3 is 5.97 Å². The van der Waals surface area contributed by atoms with Gasteiger partial charge in [-0.1, -0.05) is 43.3 Å². The summed E-state index contributed by atoms with van der Waals surface area (Å²) >= 11 is 1.65. The number of oxazole rings is 1. The highest BCUT2D eigenvalue weighted by atomic mass is 32.1. The number of aromatic nitrogens is 4. The summed E-state index contributed by atoms with van der Waals surface area (Å²) in [5, 5.41) is 7.95. The first kappa shape index (κ1) is 35.2. The highest BCUT2D eigenvalue weighted by Crippen LogP contribution is 2.31. The van der Waals surface area contributed by atoms with Crippen molar-refractivity contribution in [3.8, 4) is 34.5 Å². The van der Waals surface area contributed by atoms with Crippen molar-refractivity contribution in [3.05, 3.63) is 123 Å². The normalized spacial score (nSPS) is 11.2. The summed E-state index contributed by atoms with van der Waals surface area (Å²) in [6, 6.07) is 21.3. The fraction of sp³-hybridized carbons (Fsp3) is 0.250. The number of hydrogen-bond donors (Lipinski definition) is 0. The summed E-state index contributed by atoms with van der Waals surface area (Å²) in [6.45, 7) is 8.62. The molecule has 51 heavy (non-hydrogen) atoms. The summed E-state index contributed by atoms with van der Waals surface area (Å²) in [7, 11) is 1.60. The Morgan fingerprint density at radius 3 is 2.47 bits per heavy atom. The maximum Gasteiger partial charge on any atom is 0.310 e. The van der Waals surface area contributed by atoms with E-state index in [9.17, 15) is 4.79 Å². The molecule has 0 fully saturated rings. The lowest BCUT2D eigenvalue weighted by Gasteiger charge is -2.12. The average molecular weight is 705 g/mol. The van der Waals surface area contributed by atoms with Gasteiger partial charge in [0, 0.05) is 17.1 Å². The lowest BCUT2D eigenvalue weighted by atomic mass is 10.1. The fourth-order valence-electron chi connectivity index (χ4n) is 5.33. The molecule has 0 amide bonds. The second kappa shape index (κ2) is 16.4. The number of nitrogens with zero attached hydrogens (tertiary/aromatic N) is 4. The van der Waals surface area contributed by atoms with Crippen LogP contribution in [0.15, 0.2) is 82.7 Å². The molecule has 0 N–H and O–H groups in total. The molecule has 0 radical (unpaired) electrons. The summed E-state index contributed by atoms with van der Waals surface area (Å²) in [4.78, 5) is 21.1. The summed E-state index contributed by atoms with van der Waals surface area (Å²) in [5.74, 6) is 2.51. The predicted molar refractivity (Wildman–Crippen MR) is 197 cm³/mol. The van der Waals surface area contributed by atoms with E-state index in [1.54, 1.807) is 25.4 Å². The summed E-state index contributed by atoms with van der Waals surface area (Å²) in [6.07, 6.45) is 7.07. The molecular formula is C40H40N4O6S. The Hall–Kier alpha value is -5.68. The Morgan fingerprint density at radius 2 is 1.73 bits per heavy atom. The molecule has 6 rings (SSSR count). The topological polar surface area (TPSA) is 111 Å². The number of rotatable bonds is 15. The SMILES string of the molecule is CCOC(=O)Cc1ccc(-c2nc(COc3ccc(COc4nn(-c5ccccc5C)cc4C=Cc4csc(CC)n4)cc3OC)c(C)o2)cc1. The standard InChI is InChI=1S/C40H40N4O6S/c1-6-37-41-32(25-51-37)18-17-31-22-44(34-11-9-8-10-26(34)3)43-40(31)49-23-29-14-19-35(36(20-29)46-5)48-24-33-27(4)50-39(42-33)30-15-12-28(13-16-30)21-38(45)47-7-2/h8-20,22,25H,6-7,21,23-24H2,1-5H3. The fourth-order valence-corrected chi connectivity index (χ4v) is 6.04. The van der Waals surface area contributed by atoms with Crippen LogP contribution < -0.4 is 14.2 Å². The van der Waals surface area contributed by atoms with Crippen LogP contribution in [0.5, 0.6) is 17.4 Å². The van der Waals surface area contributed by atoms with Gasteiger partial charge in [-0.25, -0.2) is 14.6 Å². The first-order chi connectivity index (χ1) is 24.8. The number of para-hydroxylation sites is 1. The van der Waals surface area contributed by atoms with Crippen LogP contribution in [-0.2, 0) is 35.6 Å². The minimum absolute atomic E-state index is 0.188. The molecule has 0 aliphatic heterocycles. The Bertz CT molecular complexity index is 2130. The van der Waals surface area contributed by atoms with Crippen molar-refractivity contribution in [1.82, 2.24) is 19.7 Å². The van der Waals surface area contributed by atoms with Crippen LogP contribution in [0.3, 0.4) is 0 Å². The van der Waals surface area contributed by atoms with E-state index in [0.29, 0.717) is 41.3 Å². The van der Waals surface area contributed by atoms with Crippen LogP contribution in [0.2, 0.25) is 0 Å².